The lowest BCUT2D eigenvalue weighted by molar-refractivity contribution is -0.120. The van der Waals surface area contributed by atoms with Crippen molar-refractivity contribution in [3.63, 3.8) is 0 Å². The first-order valence-electron chi connectivity index (χ1n) is 5.48. The molecule has 86 valence electrons. The summed E-state index contributed by atoms with van der Waals surface area (Å²) in [5.41, 5.74) is 6.36. The van der Waals surface area contributed by atoms with Gasteiger partial charge < -0.3 is 11.1 Å². The van der Waals surface area contributed by atoms with E-state index in [9.17, 15) is 4.79 Å². The van der Waals surface area contributed by atoms with Gasteiger partial charge in [0.05, 0.1) is 0 Å². The number of rotatable bonds is 4. The molecule has 0 aliphatic heterocycles. The summed E-state index contributed by atoms with van der Waals surface area (Å²) in [5.74, 6) is 0.147. The van der Waals surface area contributed by atoms with E-state index < -0.39 is 0 Å². The van der Waals surface area contributed by atoms with Gasteiger partial charge in [0.25, 0.3) is 0 Å². The van der Waals surface area contributed by atoms with Crippen LogP contribution in [0.25, 0.3) is 0 Å². The Kier molecular flexibility index (Phi) is 3.49. The van der Waals surface area contributed by atoms with Crippen LogP contribution in [-0.2, 0) is 4.79 Å². The lowest BCUT2D eigenvalue weighted by Gasteiger charge is -2.32. The van der Waals surface area contributed by atoms with Crippen LogP contribution in [0.4, 0.5) is 5.69 Å². The van der Waals surface area contributed by atoms with Gasteiger partial charge in [-0.3, -0.25) is 4.79 Å². The zero-order valence-electron chi connectivity index (χ0n) is 8.95. The summed E-state index contributed by atoms with van der Waals surface area (Å²) in [7, 11) is 0. The number of benzene rings is 1. The first-order valence-corrected chi connectivity index (χ1v) is 6.27. The van der Waals surface area contributed by atoms with Crippen LogP contribution in [0.15, 0.2) is 28.7 Å². The van der Waals surface area contributed by atoms with Gasteiger partial charge in [0.1, 0.15) is 6.04 Å². The molecule has 0 radical (unpaired) electrons. The van der Waals surface area contributed by atoms with Crippen molar-refractivity contribution in [3.8, 4) is 0 Å². The Bertz CT molecular complexity index is 373. The van der Waals surface area contributed by atoms with E-state index in [0.717, 1.165) is 23.0 Å². The van der Waals surface area contributed by atoms with Crippen LogP contribution >= 0.6 is 15.9 Å². The maximum atomic E-state index is 11.4. The molecule has 0 aromatic heterocycles. The molecule has 2 rings (SSSR count). The number of anilines is 1. The molecular weight excluding hydrogens is 268 g/mol. The predicted octanol–water partition coefficient (Wildman–Crippen LogP) is 2.52. The first kappa shape index (κ1) is 11.5. The van der Waals surface area contributed by atoms with Crippen molar-refractivity contribution in [2.75, 3.05) is 5.32 Å². The summed E-state index contributed by atoms with van der Waals surface area (Å²) in [5, 5.41) is 3.21. The van der Waals surface area contributed by atoms with E-state index in [1.165, 1.54) is 6.42 Å². The fourth-order valence-electron chi connectivity index (χ4n) is 1.92. The minimum absolute atomic E-state index is 0.227. The third-order valence-electron chi connectivity index (χ3n) is 3.09. The Morgan fingerprint density at radius 3 is 2.44 bits per heavy atom. The maximum absolute atomic E-state index is 11.4. The number of nitrogens with two attached hydrogens (primary N) is 1. The number of hydrogen-bond donors (Lipinski definition) is 2. The van der Waals surface area contributed by atoms with E-state index in [0.29, 0.717) is 5.92 Å². The molecular formula is C12H15BrN2O. The molecule has 1 aliphatic rings. The largest absolute Gasteiger partial charge is 0.373 e. The first-order chi connectivity index (χ1) is 7.66. The number of nitrogens with one attached hydrogen (secondary N) is 1. The van der Waals surface area contributed by atoms with Gasteiger partial charge in [-0.25, -0.2) is 0 Å². The van der Waals surface area contributed by atoms with Gasteiger partial charge in [-0.05, 0) is 43.0 Å². The Morgan fingerprint density at radius 1 is 1.38 bits per heavy atom. The zero-order valence-corrected chi connectivity index (χ0v) is 10.5. The van der Waals surface area contributed by atoms with E-state index >= 15 is 0 Å². The van der Waals surface area contributed by atoms with E-state index in [1.807, 2.05) is 24.3 Å². The summed E-state index contributed by atoms with van der Waals surface area (Å²) in [6.07, 6.45) is 3.39. The molecule has 0 bridgehead atoms. The van der Waals surface area contributed by atoms with Crippen LogP contribution in [-0.4, -0.2) is 11.9 Å². The Hall–Kier alpha value is -1.03. The second kappa shape index (κ2) is 4.87. The van der Waals surface area contributed by atoms with Crippen molar-refractivity contribution in [1.29, 1.82) is 0 Å². The Labute approximate surface area is 104 Å². The quantitative estimate of drug-likeness (QED) is 0.892. The Morgan fingerprint density at radius 2 is 2.00 bits per heavy atom. The highest BCUT2D eigenvalue weighted by Gasteiger charge is 2.30. The SMILES string of the molecule is NC(=O)C(Nc1ccc(Br)cc1)C1CCC1. The van der Waals surface area contributed by atoms with E-state index in [4.69, 9.17) is 5.73 Å². The normalized spacial score (nSPS) is 17.6. The van der Waals surface area contributed by atoms with Crippen molar-refractivity contribution < 1.29 is 4.79 Å². The van der Waals surface area contributed by atoms with E-state index in [1.54, 1.807) is 0 Å². The van der Waals surface area contributed by atoms with Crippen molar-refractivity contribution in [2.24, 2.45) is 11.7 Å². The van der Waals surface area contributed by atoms with Gasteiger partial charge in [0.15, 0.2) is 0 Å². The number of amides is 1. The summed E-state index contributed by atoms with van der Waals surface area (Å²) >= 11 is 3.37. The molecule has 1 saturated carbocycles. The fraction of sp³-hybridized carbons (Fsp3) is 0.417. The highest BCUT2D eigenvalue weighted by atomic mass is 79.9. The van der Waals surface area contributed by atoms with Crippen LogP contribution in [0, 0.1) is 5.92 Å². The third kappa shape index (κ3) is 2.55. The number of halogens is 1. The van der Waals surface area contributed by atoms with Crippen LogP contribution in [0.1, 0.15) is 19.3 Å². The van der Waals surface area contributed by atoms with Gasteiger partial charge in [-0.1, -0.05) is 22.4 Å². The monoisotopic (exact) mass is 282 g/mol. The second-order valence-corrected chi connectivity index (χ2v) is 5.14. The van der Waals surface area contributed by atoms with Gasteiger partial charge in [0.2, 0.25) is 5.91 Å². The molecule has 1 aromatic rings. The number of carbonyl (C=O) groups is 1. The average molecular weight is 283 g/mol. The van der Waals surface area contributed by atoms with Crippen molar-refractivity contribution >= 4 is 27.5 Å². The van der Waals surface area contributed by atoms with Crippen molar-refractivity contribution in [1.82, 2.24) is 0 Å². The smallest absolute Gasteiger partial charge is 0.240 e. The minimum atomic E-state index is -0.257. The standard InChI is InChI=1S/C12H15BrN2O/c13-9-4-6-10(7-5-9)15-11(12(14)16)8-2-1-3-8/h4-8,11,15H,1-3H2,(H2,14,16). The minimum Gasteiger partial charge on any atom is -0.373 e. The second-order valence-electron chi connectivity index (χ2n) is 4.22. The van der Waals surface area contributed by atoms with Gasteiger partial charge in [-0.15, -0.1) is 0 Å². The molecule has 0 saturated heterocycles. The summed E-state index contributed by atoms with van der Waals surface area (Å²) in [4.78, 5) is 11.4. The molecule has 16 heavy (non-hydrogen) atoms. The predicted molar refractivity (Wildman–Crippen MR) is 68.1 cm³/mol. The molecule has 1 fully saturated rings. The maximum Gasteiger partial charge on any atom is 0.240 e. The van der Waals surface area contributed by atoms with Crippen LogP contribution in [0.5, 0.6) is 0 Å². The van der Waals surface area contributed by atoms with Crippen molar-refractivity contribution in [2.45, 2.75) is 25.3 Å². The summed E-state index contributed by atoms with van der Waals surface area (Å²) in [6, 6.07) is 7.55. The molecule has 3 nitrogen and oxygen atoms in total. The Balaban J connectivity index is 2.04. The molecule has 1 aromatic carbocycles. The molecule has 0 heterocycles. The van der Waals surface area contributed by atoms with Crippen LogP contribution in [0.3, 0.4) is 0 Å². The number of carbonyl (C=O) groups excluding carboxylic acids is 1. The van der Waals surface area contributed by atoms with Gasteiger partial charge in [0, 0.05) is 10.2 Å². The number of primary amides is 1. The molecule has 1 atom stereocenters. The van der Waals surface area contributed by atoms with Crippen LogP contribution in [0.2, 0.25) is 0 Å². The molecule has 3 N–H and O–H groups in total. The third-order valence-corrected chi connectivity index (χ3v) is 3.62. The number of hydrogen-bond acceptors (Lipinski definition) is 2. The molecule has 4 heteroatoms. The zero-order chi connectivity index (χ0) is 11.5. The van der Waals surface area contributed by atoms with Crippen LogP contribution < -0.4 is 11.1 Å². The van der Waals surface area contributed by atoms with E-state index in [-0.39, 0.29) is 11.9 Å². The molecule has 1 aliphatic carbocycles. The van der Waals surface area contributed by atoms with E-state index in [2.05, 4.69) is 21.2 Å². The van der Waals surface area contributed by atoms with Gasteiger partial charge in [-0.2, -0.15) is 0 Å². The topological polar surface area (TPSA) is 55.1 Å². The van der Waals surface area contributed by atoms with Gasteiger partial charge >= 0.3 is 0 Å². The highest BCUT2D eigenvalue weighted by molar-refractivity contribution is 9.10. The lowest BCUT2D eigenvalue weighted by Crippen LogP contribution is -2.44. The molecule has 0 spiro atoms. The fourth-order valence-corrected chi connectivity index (χ4v) is 2.18. The highest BCUT2D eigenvalue weighted by Crippen LogP contribution is 2.31. The molecule has 1 amide bonds. The summed E-state index contributed by atoms with van der Waals surface area (Å²) < 4.78 is 1.03. The average Bonchev–Trinajstić information content (AvgIpc) is 2.17. The van der Waals surface area contributed by atoms with Crippen molar-refractivity contribution in [3.05, 3.63) is 28.7 Å². The summed E-state index contributed by atoms with van der Waals surface area (Å²) in [6.45, 7) is 0. The lowest BCUT2D eigenvalue weighted by atomic mass is 9.79. The molecule has 1 unspecified atom stereocenters.